The topological polar surface area (TPSA) is 102 Å². The van der Waals surface area contributed by atoms with Crippen molar-refractivity contribution < 1.29 is 22.3 Å². The van der Waals surface area contributed by atoms with Gasteiger partial charge in [-0.2, -0.15) is 0 Å². The summed E-state index contributed by atoms with van der Waals surface area (Å²) in [7, 11) is -3.03. The molecule has 1 aliphatic heterocycles. The molecule has 0 saturated carbocycles. The number of halogens is 2. The summed E-state index contributed by atoms with van der Waals surface area (Å²) in [5, 5.41) is 7.83. The van der Waals surface area contributed by atoms with Crippen LogP contribution in [0.25, 0.3) is 10.9 Å². The highest BCUT2D eigenvalue weighted by Crippen LogP contribution is 2.40. The number of aromatic nitrogens is 2. The molecule has 0 radical (unpaired) electrons. The van der Waals surface area contributed by atoms with Crippen LogP contribution in [0.1, 0.15) is 37.3 Å². The molecule has 43 heavy (non-hydrogen) atoms. The van der Waals surface area contributed by atoms with Crippen LogP contribution in [0, 0.1) is 5.82 Å². The first-order chi connectivity index (χ1) is 20.8. The third kappa shape index (κ3) is 7.81. The zero-order chi connectivity index (χ0) is 30.3. The standard InChI is InChI=1S/C32H34ClFN4O4S/c1-2-16-43(39,40)17-14-35-13-12-32(11-4-15-42-32)24-7-9-29-27(19-24)31(37-22-36-29)38-26-8-10-30(28(33)20-26)41-21-23-5-3-6-25(34)18-23/h3-10,15,18-20,22,35H,2,11-14,16-17,21H2,1H3,(H,36,37,38). The van der Waals surface area contributed by atoms with Gasteiger partial charge in [-0.25, -0.2) is 22.8 Å². The van der Waals surface area contributed by atoms with Crippen molar-refractivity contribution in [3.8, 4) is 5.75 Å². The lowest BCUT2D eigenvalue weighted by molar-refractivity contribution is 0.0329. The molecule has 0 saturated heterocycles. The van der Waals surface area contributed by atoms with Gasteiger partial charge in [0.05, 0.1) is 22.6 Å². The molecule has 2 heterocycles. The predicted molar refractivity (Wildman–Crippen MR) is 168 cm³/mol. The number of nitrogens with one attached hydrogen (secondary N) is 2. The van der Waals surface area contributed by atoms with E-state index in [1.807, 2.05) is 37.3 Å². The second-order valence-corrected chi connectivity index (χ2v) is 13.2. The molecule has 0 bridgehead atoms. The summed E-state index contributed by atoms with van der Waals surface area (Å²) in [6, 6.07) is 17.6. The van der Waals surface area contributed by atoms with Crippen molar-refractivity contribution in [1.29, 1.82) is 0 Å². The van der Waals surface area contributed by atoms with Crippen LogP contribution >= 0.6 is 11.6 Å². The van der Waals surface area contributed by atoms with E-state index >= 15 is 0 Å². The lowest BCUT2D eigenvalue weighted by Gasteiger charge is -2.30. The van der Waals surface area contributed by atoms with Gasteiger partial charge in [0.1, 0.15) is 35.9 Å². The first-order valence-electron chi connectivity index (χ1n) is 14.2. The average Bonchev–Trinajstić information content (AvgIpc) is 3.46. The molecule has 4 aromatic rings. The molecule has 1 aliphatic rings. The zero-order valence-corrected chi connectivity index (χ0v) is 25.4. The van der Waals surface area contributed by atoms with Gasteiger partial charge in [0.15, 0.2) is 9.84 Å². The molecule has 8 nitrogen and oxygen atoms in total. The van der Waals surface area contributed by atoms with Crippen LogP contribution in [-0.2, 0) is 26.8 Å². The third-order valence-electron chi connectivity index (χ3n) is 7.29. The average molecular weight is 625 g/mol. The van der Waals surface area contributed by atoms with Gasteiger partial charge in [-0.3, -0.25) is 0 Å². The van der Waals surface area contributed by atoms with Crippen molar-refractivity contribution >= 4 is 43.8 Å². The minimum atomic E-state index is -3.03. The van der Waals surface area contributed by atoms with Crippen LogP contribution in [0.2, 0.25) is 5.02 Å². The van der Waals surface area contributed by atoms with E-state index in [0.717, 1.165) is 16.5 Å². The van der Waals surface area contributed by atoms with E-state index in [9.17, 15) is 12.8 Å². The zero-order valence-electron chi connectivity index (χ0n) is 23.9. The first-order valence-corrected chi connectivity index (χ1v) is 16.4. The fraction of sp³-hybridized carbons (Fsp3) is 0.312. The van der Waals surface area contributed by atoms with Gasteiger partial charge in [0.25, 0.3) is 0 Å². The Morgan fingerprint density at radius 2 is 1.95 bits per heavy atom. The molecule has 0 aliphatic carbocycles. The fourth-order valence-corrected chi connectivity index (χ4v) is 6.59. The molecular weight excluding hydrogens is 591 g/mol. The molecule has 226 valence electrons. The van der Waals surface area contributed by atoms with Crippen molar-refractivity contribution in [2.24, 2.45) is 0 Å². The number of hydrogen-bond acceptors (Lipinski definition) is 8. The second kappa shape index (κ2) is 13.7. The summed E-state index contributed by atoms with van der Waals surface area (Å²) in [4.78, 5) is 8.94. The number of nitrogens with zero attached hydrogens (tertiary/aromatic N) is 2. The van der Waals surface area contributed by atoms with E-state index in [1.165, 1.54) is 18.5 Å². The van der Waals surface area contributed by atoms with Crippen molar-refractivity contribution in [2.75, 3.05) is 29.9 Å². The Morgan fingerprint density at radius 3 is 2.72 bits per heavy atom. The summed E-state index contributed by atoms with van der Waals surface area (Å²) >= 11 is 6.52. The molecular formula is C32H34ClFN4O4S. The van der Waals surface area contributed by atoms with Gasteiger partial charge < -0.3 is 20.1 Å². The monoisotopic (exact) mass is 624 g/mol. The molecule has 1 atom stereocenters. The smallest absolute Gasteiger partial charge is 0.151 e. The molecule has 2 N–H and O–H groups in total. The first kappa shape index (κ1) is 30.7. The lowest BCUT2D eigenvalue weighted by atomic mass is 9.87. The molecule has 0 spiro atoms. The Labute approximate surface area is 256 Å². The Morgan fingerprint density at radius 1 is 1.07 bits per heavy atom. The number of anilines is 2. The van der Waals surface area contributed by atoms with Crippen LogP contribution in [0.3, 0.4) is 0 Å². The maximum Gasteiger partial charge on any atom is 0.151 e. The van der Waals surface area contributed by atoms with Gasteiger partial charge in [0, 0.05) is 36.2 Å². The Bertz CT molecular complexity index is 1710. The molecule has 5 rings (SSSR count). The number of fused-ring (bicyclic) bond motifs is 1. The molecule has 0 fully saturated rings. The van der Waals surface area contributed by atoms with Crippen molar-refractivity contribution in [2.45, 2.75) is 38.4 Å². The van der Waals surface area contributed by atoms with E-state index in [1.54, 1.807) is 30.5 Å². The van der Waals surface area contributed by atoms with Gasteiger partial charge in [-0.1, -0.05) is 36.7 Å². The van der Waals surface area contributed by atoms with E-state index in [0.29, 0.717) is 60.2 Å². The number of ether oxygens (including phenoxy) is 2. The number of rotatable bonds is 14. The van der Waals surface area contributed by atoms with Crippen LogP contribution in [0.5, 0.6) is 5.75 Å². The van der Waals surface area contributed by atoms with E-state index < -0.39 is 15.4 Å². The van der Waals surface area contributed by atoms with Crippen LogP contribution < -0.4 is 15.4 Å². The highest BCUT2D eigenvalue weighted by molar-refractivity contribution is 7.91. The molecule has 11 heteroatoms. The Kier molecular flexibility index (Phi) is 9.79. The highest BCUT2D eigenvalue weighted by atomic mass is 35.5. The van der Waals surface area contributed by atoms with Gasteiger partial charge in [0.2, 0.25) is 0 Å². The van der Waals surface area contributed by atoms with Crippen molar-refractivity contribution in [1.82, 2.24) is 15.3 Å². The van der Waals surface area contributed by atoms with Crippen LogP contribution in [0.4, 0.5) is 15.9 Å². The number of sulfone groups is 1. The largest absolute Gasteiger partial charge is 0.490 e. The summed E-state index contributed by atoms with van der Waals surface area (Å²) in [5.74, 6) is 1.11. The molecule has 0 amide bonds. The Hall–Kier alpha value is -3.73. The van der Waals surface area contributed by atoms with Gasteiger partial charge >= 0.3 is 0 Å². The van der Waals surface area contributed by atoms with Crippen molar-refractivity contribution in [3.05, 3.63) is 101 Å². The molecule has 3 aromatic carbocycles. The minimum Gasteiger partial charge on any atom is -0.490 e. The summed E-state index contributed by atoms with van der Waals surface area (Å²) in [6.45, 7) is 3.07. The normalized spacial score (nSPS) is 16.3. The Balaban J connectivity index is 1.29. The van der Waals surface area contributed by atoms with Gasteiger partial charge in [-0.05, 0) is 72.6 Å². The van der Waals surface area contributed by atoms with E-state index in [2.05, 4.69) is 20.6 Å². The second-order valence-electron chi connectivity index (χ2n) is 10.5. The number of benzene rings is 3. The third-order valence-corrected chi connectivity index (χ3v) is 9.44. The maximum absolute atomic E-state index is 13.5. The summed E-state index contributed by atoms with van der Waals surface area (Å²) in [6.07, 6.45) is 7.19. The summed E-state index contributed by atoms with van der Waals surface area (Å²) in [5.41, 5.74) is 2.58. The van der Waals surface area contributed by atoms with Crippen LogP contribution in [-0.4, -0.2) is 43.0 Å². The quantitative estimate of drug-likeness (QED) is 0.150. The van der Waals surface area contributed by atoms with Gasteiger partial charge in [-0.15, -0.1) is 0 Å². The highest BCUT2D eigenvalue weighted by Gasteiger charge is 2.35. The molecule has 1 aromatic heterocycles. The SMILES string of the molecule is CCCS(=O)(=O)CCNCCC1(c2ccc3ncnc(Nc4ccc(OCc5cccc(F)c5)c(Cl)c4)c3c2)CC=CO1. The fourth-order valence-electron chi connectivity index (χ4n) is 5.07. The minimum absolute atomic E-state index is 0.124. The van der Waals surface area contributed by atoms with Crippen LogP contribution in [0.15, 0.2) is 79.3 Å². The maximum atomic E-state index is 13.5. The van der Waals surface area contributed by atoms with Crippen molar-refractivity contribution in [3.63, 3.8) is 0 Å². The lowest BCUT2D eigenvalue weighted by Crippen LogP contribution is -2.32. The number of hydrogen-bond donors (Lipinski definition) is 2. The molecule has 1 unspecified atom stereocenters. The van der Waals surface area contributed by atoms with E-state index in [4.69, 9.17) is 21.1 Å². The summed E-state index contributed by atoms with van der Waals surface area (Å²) < 4.78 is 49.5. The predicted octanol–water partition coefficient (Wildman–Crippen LogP) is 6.68. The van der Waals surface area contributed by atoms with E-state index in [-0.39, 0.29) is 23.9 Å².